The van der Waals surface area contributed by atoms with Gasteiger partial charge in [-0.25, -0.2) is 27.2 Å². The highest BCUT2D eigenvalue weighted by molar-refractivity contribution is 7.92. The van der Waals surface area contributed by atoms with Crippen LogP contribution in [0.5, 0.6) is 0 Å². The summed E-state index contributed by atoms with van der Waals surface area (Å²) in [6, 6.07) is 9.26. The number of halogens is 3. The molecule has 0 radical (unpaired) electrons. The van der Waals surface area contributed by atoms with Gasteiger partial charge in [-0.2, -0.15) is 0 Å². The Kier molecular flexibility index (Phi) is 5.66. The Morgan fingerprint density at radius 3 is 2.64 bits per heavy atom. The van der Waals surface area contributed by atoms with Crippen molar-refractivity contribution < 1.29 is 22.0 Å². The number of anilines is 1. The Bertz CT molecular complexity index is 1160. The summed E-state index contributed by atoms with van der Waals surface area (Å²) < 4.78 is 53.9. The molecule has 1 heterocycles. The Hall–Kier alpha value is -2.91. The Labute approximate surface area is 164 Å². The molecule has 1 aromatic heterocycles. The summed E-state index contributed by atoms with van der Waals surface area (Å²) in [7, 11) is -4.39. The van der Waals surface area contributed by atoms with Gasteiger partial charge in [-0.3, -0.25) is 9.52 Å². The smallest absolute Gasteiger partial charge is 0.264 e. The molecule has 0 aliphatic rings. The van der Waals surface area contributed by atoms with Gasteiger partial charge in [-0.05, 0) is 48.0 Å². The molecule has 0 fully saturated rings. The van der Waals surface area contributed by atoms with Gasteiger partial charge in [0, 0.05) is 17.4 Å². The maximum absolute atomic E-state index is 13.8. The number of nitrogens with one attached hydrogen (secondary N) is 1. The number of nitrogens with zero attached hydrogens (tertiary/aromatic N) is 2. The van der Waals surface area contributed by atoms with Crippen molar-refractivity contribution in [3.63, 3.8) is 0 Å². The van der Waals surface area contributed by atoms with Crippen LogP contribution in [0, 0.1) is 11.6 Å². The van der Waals surface area contributed by atoms with E-state index in [9.17, 15) is 22.0 Å². The van der Waals surface area contributed by atoms with Gasteiger partial charge in [0.2, 0.25) is 5.28 Å². The highest BCUT2D eigenvalue weighted by Crippen LogP contribution is 2.21. The Morgan fingerprint density at radius 2 is 1.89 bits per heavy atom. The number of ketones is 1. The first-order chi connectivity index (χ1) is 13.2. The number of benzene rings is 2. The average molecular weight is 424 g/mol. The fraction of sp³-hybridized carbons (Fsp3) is 0.0556. The molecule has 0 aliphatic heterocycles. The third-order valence-electron chi connectivity index (χ3n) is 3.65. The molecule has 3 aromatic rings. The van der Waals surface area contributed by atoms with Crippen LogP contribution in [-0.4, -0.2) is 24.2 Å². The zero-order valence-corrected chi connectivity index (χ0v) is 15.6. The van der Waals surface area contributed by atoms with Crippen molar-refractivity contribution in [2.45, 2.75) is 11.3 Å². The number of rotatable bonds is 6. The minimum Gasteiger partial charge on any atom is -0.294 e. The molecule has 0 amide bonds. The molecule has 0 spiro atoms. The maximum atomic E-state index is 13.8. The van der Waals surface area contributed by atoms with Gasteiger partial charge >= 0.3 is 0 Å². The topological polar surface area (TPSA) is 89.0 Å². The second kappa shape index (κ2) is 7.99. The number of hydrogen-bond donors (Lipinski definition) is 1. The summed E-state index contributed by atoms with van der Waals surface area (Å²) >= 11 is 5.69. The summed E-state index contributed by atoms with van der Waals surface area (Å²) in [5.74, 6) is -2.33. The molecule has 0 unspecified atom stereocenters. The van der Waals surface area contributed by atoms with Crippen LogP contribution in [0.2, 0.25) is 5.28 Å². The van der Waals surface area contributed by atoms with E-state index in [0.717, 1.165) is 12.1 Å². The summed E-state index contributed by atoms with van der Waals surface area (Å²) in [6.07, 6.45) is 1.34. The van der Waals surface area contributed by atoms with Crippen molar-refractivity contribution in [1.82, 2.24) is 9.97 Å². The van der Waals surface area contributed by atoms with E-state index in [1.807, 2.05) is 0 Å². The summed E-state index contributed by atoms with van der Waals surface area (Å²) in [6.45, 7) is 0. The number of aromatic nitrogens is 2. The molecule has 144 valence electrons. The fourth-order valence-corrected chi connectivity index (χ4v) is 3.69. The molecule has 0 bridgehead atoms. The zero-order valence-electron chi connectivity index (χ0n) is 14.1. The van der Waals surface area contributed by atoms with Crippen molar-refractivity contribution >= 4 is 33.1 Å². The Balaban J connectivity index is 1.83. The third-order valence-corrected chi connectivity index (χ3v) is 5.22. The molecule has 0 aliphatic carbocycles. The van der Waals surface area contributed by atoms with Gasteiger partial charge in [0.15, 0.2) is 5.78 Å². The number of carbonyl (C=O) groups is 1. The van der Waals surface area contributed by atoms with Gasteiger partial charge in [0.1, 0.15) is 16.5 Å². The number of Topliss-reactive ketones (excluding diaryl/α,β-unsaturated/α-hetero) is 1. The van der Waals surface area contributed by atoms with Crippen LogP contribution in [0.3, 0.4) is 0 Å². The van der Waals surface area contributed by atoms with Crippen LogP contribution in [0.1, 0.15) is 16.1 Å². The highest BCUT2D eigenvalue weighted by Gasteiger charge is 2.20. The lowest BCUT2D eigenvalue weighted by atomic mass is 10.1. The van der Waals surface area contributed by atoms with Crippen LogP contribution in [0.25, 0.3) is 0 Å². The zero-order chi connectivity index (χ0) is 20.3. The summed E-state index contributed by atoms with van der Waals surface area (Å²) in [5, 5.41) is 0.00364. The molecule has 10 heteroatoms. The molecule has 0 saturated heterocycles. The van der Waals surface area contributed by atoms with Crippen molar-refractivity contribution in [3.8, 4) is 0 Å². The SMILES string of the molecule is O=C(Cc1ccnc(Cl)n1)c1cccc(NS(=O)(=O)c2cc(F)ccc2F)c1. The number of carbonyl (C=O) groups excluding carboxylic acids is 1. The van der Waals surface area contributed by atoms with Gasteiger partial charge in [-0.1, -0.05) is 12.1 Å². The monoisotopic (exact) mass is 423 g/mol. The first kappa shape index (κ1) is 19.8. The molecule has 0 atom stereocenters. The minimum atomic E-state index is -4.39. The number of sulfonamides is 1. The van der Waals surface area contributed by atoms with E-state index in [4.69, 9.17) is 11.6 Å². The first-order valence-electron chi connectivity index (χ1n) is 7.83. The van der Waals surface area contributed by atoms with Crippen molar-refractivity contribution in [1.29, 1.82) is 0 Å². The van der Waals surface area contributed by atoms with E-state index in [1.165, 1.54) is 36.5 Å². The van der Waals surface area contributed by atoms with E-state index in [-0.39, 0.29) is 28.7 Å². The molecule has 1 N–H and O–H groups in total. The van der Waals surface area contributed by atoms with Crippen LogP contribution in [-0.2, 0) is 16.4 Å². The van der Waals surface area contributed by atoms with Gasteiger partial charge in [0.05, 0.1) is 12.1 Å². The predicted molar refractivity (Wildman–Crippen MR) is 98.7 cm³/mol. The second-order valence-electron chi connectivity index (χ2n) is 5.68. The fourth-order valence-electron chi connectivity index (χ4n) is 2.38. The van der Waals surface area contributed by atoms with Gasteiger partial charge < -0.3 is 0 Å². The normalized spacial score (nSPS) is 11.2. The largest absolute Gasteiger partial charge is 0.294 e. The van der Waals surface area contributed by atoms with Crippen molar-refractivity contribution in [2.75, 3.05) is 4.72 Å². The van der Waals surface area contributed by atoms with Gasteiger partial charge in [0.25, 0.3) is 10.0 Å². The molecular weight excluding hydrogens is 412 g/mol. The minimum absolute atomic E-state index is 0.00364. The maximum Gasteiger partial charge on any atom is 0.264 e. The molecule has 0 saturated carbocycles. The van der Waals surface area contributed by atoms with E-state index >= 15 is 0 Å². The van der Waals surface area contributed by atoms with Crippen molar-refractivity contribution in [2.24, 2.45) is 0 Å². The standard InChI is InChI=1S/C18H12ClF2N3O3S/c19-18-22-7-6-13(23-18)10-16(25)11-2-1-3-14(8-11)24-28(26,27)17-9-12(20)4-5-15(17)21/h1-9,24H,10H2. The molecule has 3 rings (SSSR count). The van der Waals surface area contributed by atoms with Crippen LogP contribution in [0.4, 0.5) is 14.5 Å². The first-order valence-corrected chi connectivity index (χ1v) is 9.69. The number of hydrogen-bond acceptors (Lipinski definition) is 5. The lowest BCUT2D eigenvalue weighted by Gasteiger charge is -2.10. The average Bonchev–Trinajstić information content (AvgIpc) is 2.63. The Morgan fingerprint density at radius 1 is 1.11 bits per heavy atom. The molecule has 2 aromatic carbocycles. The van der Waals surface area contributed by atoms with Crippen molar-refractivity contribution in [3.05, 3.63) is 82.9 Å². The van der Waals surface area contributed by atoms with E-state index in [1.54, 1.807) is 0 Å². The van der Waals surface area contributed by atoms with Crippen LogP contribution in [0.15, 0.2) is 59.6 Å². The summed E-state index contributed by atoms with van der Waals surface area (Å²) in [5.41, 5.74) is 0.627. The molecule has 28 heavy (non-hydrogen) atoms. The lowest BCUT2D eigenvalue weighted by Crippen LogP contribution is -2.15. The van der Waals surface area contributed by atoms with Gasteiger partial charge in [-0.15, -0.1) is 0 Å². The molecule has 6 nitrogen and oxygen atoms in total. The van der Waals surface area contributed by atoms with E-state index < -0.39 is 26.6 Å². The van der Waals surface area contributed by atoms with Crippen LogP contribution >= 0.6 is 11.6 Å². The summed E-state index contributed by atoms with van der Waals surface area (Å²) in [4.78, 5) is 19.2. The van der Waals surface area contributed by atoms with E-state index in [0.29, 0.717) is 11.8 Å². The quantitative estimate of drug-likeness (QED) is 0.483. The third kappa shape index (κ3) is 4.68. The molecular formula is C18H12ClF2N3O3S. The van der Waals surface area contributed by atoms with E-state index in [2.05, 4.69) is 14.7 Å². The predicted octanol–water partition coefficient (Wildman–Crippen LogP) is 3.63. The lowest BCUT2D eigenvalue weighted by molar-refractivity contribution is 0.0992. The second-order valence-corrected chi connectivity index (χ2v) is 7.67. The van der Waals surface area contributed by atoms with Crippen LogP contribution < -0.4 is 4.72 Å². The highest BCUT2D eigenvalue weighted by atomic mass is 35.5.